The van der Waals surface area contributed by atoms with E-state index >= 15 is 0 Å². The van der Waals surface area contributed by atoms with E-state index in [-0.39, 0.29) is 5.41 Å². The minimum absolute atomic E-state index is 0.176. The number of likely N-dealkylation sites (N-methyl/N-ethyl adjacent to an activating group) is 1. The Bertz CT molecular complexity index is 412. The van der Waals surface area contributed by atoms with Crippen LogP contribution >= 0.6 is 0 Å². The second-order valence-electron chi connectivity index (χ2n) is 6.31. The van der Waals surface area contributed by atoms with Gasteiger partial charge in [0.25, 0.3) is 0 Å². The van der Waals surface area contributed by atoms with Crippen LogP contribution in [0.25, 0.3) is 0 Å². The Hall–Kier alpha value is -1.22. The second kappa shape index (κ2) is 4.81. The Morgan fingerprint density at radius 2 is 1.67 bits per heavy atom. The van der Waals surface area contributed by atoms with Gasteiger partial charge in [-0.25, -0.2) is 0 Å². The first kappa shape index (κ1) is 13.2. The van der Waals surface area contributed by atoms with Crippen molar-refractivity contribution in [1.82, 2.24) is 4.90 Å². The van der Waals surface area contributed by atoms with E-state index in [0.29, 0.717) is 0 Å². The van der Waals surface area contributed by atoms with Crippen LogP contribution in [0.5, 0.6) is 0 Å². The topological polar surface area (TPSA) is 32.5 Å². The molecule has 3 heteroatoms. The van der Waals surface area contributed by atoms with Crippen molar-refractivity contribution in [3.05, 3.63) is 23.8 Å². The normalized spacial score (nSPS) is 18.1. The molecule has 0 bridgehead atoms. The van der Waals surface area contributed by atoms with E-state index in [1.807, 2.05) is 6.07 Å². The largest absolute Gasteiger partial charge is 0.397 e. The maximum absolute atomic E-state index is 6.14. The lowest BCUT2D eigenvalue weighted by Gasteiger charge is -2.35. The molecular formula is C15H25N3. The highest BCUT2D eigenvalue weighted by Crippen LogP contribution is 2.31. The van der Waals surface area contributed by atoms with E-state index in [2.05, 4.69) is 49.8 Å². The molecule has 1 aliphatic heterocycles. The molecule has 3 nitrogen and oxygen atoms in total. The molecule has 2 rings (SSSR count). The Morgan fingerprint density at radius 1 is 1.06 bits per heavy atom. The average Bonchev–Trinajstić information content (AvgIpc) is 2.29. The number of hydrogen-bond donors (Lipinski definition) is 1. The Balaban J connectivity index is 2.27. The van der Waals surface area contributed by atoms with Crippen molar-refractivity contribution in [2.75, 3.05) is 43.9 Å². The highest BCUT2D eigenvalue weighted by Gasteiger charge is 2.19. The van der Waals surface area contributed by atoms with Gasteiger partial charge in [-0.05, 0) is 30.2 Å². The zero-order valence-corrected chi connectivity index (χ0v) is 12.0. The second-order valence-corrected chi connectivity index (χ2v) is 6.31. The average molecular weight is 247 g/mol. The van der Waals surface area contributed by atoms with Gasteiger partial charge < -0.3 is 15.5 Å². The van der Waals surface area contributed by atoms with Crippen LogP contribution in [-0.4, -0.2) is 38.1 Å². The number of rotatable bonds is 1. The molecule has 0 amide bonds. The zero-order valence-electron chi connectivity index (χ0n) is 12.0. The van der Waals surface area contributed by atoms with Gasteiger partial charge in [-0.2, -0.15) is 0 Å². The summed E-state index contributed by atoms with van der Waals surface area (Å²) in [5, 5.41) is 0. The summed E-state index contributed by atoms with van der Waals surface area (Å²) in [5.41, 5.74) is 9.77. The number of nitrogen functional groups attached to an aromatic ring is 1. The molecule has 0 aliphatic carbocycles. The van der Waals surface area contributed by atoms with Crippen LogP contribution in [0.4, 0.5) is 11.4 Å². The summed E-state index contributed by atoms with van der Waals surface area (Å²) in [6.45, 7) is 11.1. The quantitative estimate of drug-likeness (QED) is 0.773. The molecule has 100 valence electrons. The molecule has 2 N–H and O–H groups in total. The van der Waals surface area contributed by atoms with Crippen LogP contribution in [-0.2, 0) is 5.41 Å². The number of nitrogens with zero attached hydrogens (tertiary/aromatic N) is 2. The van der Waals surface area contributed by atoms with Crippen LogP contribution < -0.4 is 10.6 Å². The van der Waals surface area contributed by atoms with Crippen molar-refractivity contribution >= 4 is 11.4 Å². The molecule has 0 atom stereocenters. The van der Waals surface area contributed by atoms with Crippen LogP contribution in [0.15, 0.2) is 18.2 Å². The summed E-state index contributed by atoms with van der Waals surface area (Å²) in [5.74, 6) is 0. The third kappa shape index (κ3) is 2.78. The van der Waals surface area contributed by atoms with Gasteiger partial charge in [0.2, 0.25) is 0 Å². The number of piperazine rings is 1. The standard InChI is InChI=1S/C15H25N3/c1-15(2,3)12-5-6-13(16)14(11-12)18-9-7-17(4)8-10-18/h5-6,11H,7-10,16H2,1-4H3. The number of anilines is 2. The van der Waals surface area contributed by atoms with Gasteiger partial charge in [0.1, 0.15) is 0 Å². The summed E-state index contributed by atoms with van der Waals surface area (Å²) in [6.07, 6.45) is 0. The number of nitrogens with two attached hydrogens (primary N) is 1. The molecule has 0 spiro atoms. The van der Waals surface area contributed by atoms with E-state index in [9.17, 15) is 0 Å². The zero-order chi connectivity index (χ0) is 13.3. The lowest BCUT2D eigenvalue weighted by Crippen LogP contribution is -2.44. The Morgan fingerprint density at radius 3 is 2.22 bits per heavy atom. The fourth-order valence-corrected chi connectivity index (χ4v) is 2.33. The fraction of sp³-hybridized carbons (Fsp3) is 0.600. The number of hydrogen-bond acceptors (Lipinski definition) is 3. The van der Waals surface area contributed by atoms with Crippen LogP contribution in [0, 0.1) is 0 Å². The summed E-state index contributed by atoms with van der Waals surface area (Å²) in [6, 6.07) is 6.46. The predicted molar refractivity (Wildman–Crippen MR) is 79.3 cm³/mol. The third-order valence-electron chi connectivity index (χ3n) is 3.74. The summed E-state index contributed by atoms with van der Waals surface area (Å²) in [7, 11) is 2.17. The Labute approximate surface area is 111 Å². The molecule has 1 aromatic carbocycles. The van der Waals surface area contributed by atoms with E-state index in [4.69, 9.17) is 5.73 Å². The van der Waals surface area contributed by atoms with Crippen LogP contribution in [0.3, 0.4) is 0 Å². The van der Waals surface area contributed by atoms with E-state index in [1.54, 1.807) is 0 Å². The third-order valence-corrected chi connectivity index (χ3v) is 3.74. The highest BCUT2D eigenvalue weighted by atomic mass is 15.2. The molecule has 0 aromatic heterocycles. The molecule has 0 saturated carbocycles. The fourth-order valence-electron chi connectivity index (χ4n) is 2.33. The summed E-state index contributed by atoms with van der Waals surface area (Å²) in [4.78, 5) is 4.77. The Kier molecular flexibility index (Phi) is 3.53. The van der Waals surface area contributed by atoms with Gasteiger partial charge in [-0.15, -0.1) is 0 Å². The van der Waals surface area contributed by atoms with E-state index < -0.39 is 0 Å². The molecule has 1 aliphatic rings. The molecule has 18 heavy (non-hydrogen) atoms. The van der Waals surface area contributed by atoms with E-state index in [1.165, 1.54) is 11.3 Å². The summed E-state index contributed by atoms with van der Waals surface area (Å²) >= 11 is 0. The summed E-state index contributed by atoms with van der Waals surface area (Å²) < 4.78 is 0. The monoisotopic (exact) mass is 247 g/mol. The lowest BCUT2D eigenvalue weighted by atomic mass is 9.86. The molecule has 0 radical (unpaired) electrons. The molecule has 1 heterocycles. The van der Waals surface area contributed by atoms with Gasteiger partial charge in [-0.1, -0.05) is 26.8 Å². The van der Waals surface area contributed by atoms with Gasteiger partial charge in [0.05, 0.1) is 11.4 Å². The first-order valence-electron chi connectivity index (χ1n) is 6.71. The first-order valence-corrected chi connectivity index (χ1v) is 6.71. The SMILES string of the molecule is CN1CCN(c2cc(C(C)(C)C)ccc2N)CC1. The highest BCUT2D eigenvalue weighted by molar-refractivity contribution is 5.69. The lowest BCUT2D eigenvalue weighted by molar-refractivity contribution is 0.313. The van der Waals surface area contributed by atoms with Gasteiger partial charge in [-0.3, -0.25) is 0 Å². The van der Waals surface area contributed by atoms with Crippen molar-refractivity contribution < 1.29 is 0 Å². The molecule has 1 aromatic rings. The molecule has 1 fully saturated rings. The predicted octanol–water partition coefficient (Wildman–Crippen LogP) is 2.32. The molecule has 1 saturated heterocycles. The van der Waals surface area contributed by atoms with E-state index in [0.717, 1.165) is 31.9 Å². The van der Waals surface area contributed by atoms with Crippen molar-refractivity contribution in [3.8, 4) is 0 Å². The minimum Gasteiger partial charge on any atom is -0.397 e. The van der Waals surface area contributed by atoms with Crippen LogP contribution in [0.2, 0.25) is 0 Å². The maximum Gasteiger partial charge on any atom is 0.0603 e. The van der Waals surface area contributed by atoms with Crippen molar-refractivity contribution in [3.63, 3.8) is 0 Å². The maximum atomic E-state index is 6.14. The van der Waals surface area contributed by atoms with Crippen LogP contribution in [0.1, 0.15) is 26.3 Å². The number of benzene rings is 1. The molecular weight excluding hydrogens is 222 g/mol. The van der Waals surface area contributed by atoms with Gasteiger partial charge in [0, 0.05) is 26.2 Å². The minimum atomic E-state index is 0.176. The van der Waals surface area contributed by atoms with Crippen molar-refractivity contribution in [2.45, 2.75) is 26.2 Å². The molecule has 0 unspecified atom stereocenters. The first-order chi connectivity index (χ1) is 8.38. The van der Waals surface area contributed by atoms with Crippen molar-refractivity contribution in [2.24, 2.45) is 0 Å². The smallest absolute Gasteiger partial charge is 0.0603 e. The van der Waals surface area contributed by atoms with Crippen molar-refractivity contribution in [1.29, 1.82) is 0 Å². The van der Waals surface area contributed by atoms with Gasteiger partial charge >= 0.3 is 0 Å². The van der Waals surface area contributed by atoms with Gasteiger partial charge in [0.15, 0.2) is 0 Å².